The number of hydrogen-bond donors (Lipinski definition) is 2. The number of amides is 1. The van der Waals surface area contributed by atoms with E-state index < -0.39 is 0 Å². The van der Waals surface area contributed by atoms with Crippen LogP contribution in [0.2, 0.25) is 0 Å². The number of nitrogens with zero attached hydrogens (tertiary/aromatic N) is 2. The van der Waals surface area contributed by atoms with Gasteiger partial charge in [-0.15, -0.1) is 6.58 Å². The first kappa shape index (κ1) is 21.5. The van der Waals surface area contributed by atoms with Crippen molar-refractivity contribution in [3.05, 3.63) is 42.0 Å². The van der Waals surface area contributed by atoms with Crippen LogP contribution in [0.4, 0.5) is 0 Å². The van der Waals surface area contributed by atoms with Gasteiger partial charge in [0.2, 0.25) is 5.91 Å². The molecule has 0 saturated carbocycles. The van der Waals surface area contributed by atoms with E-state index in [1.807, 2.05) is 45.9 Å². The topological polar surface area (TPSA) is 66.0 Å². The fourth-order valence-corrected chi connectivity index (χ4v) is 2.04. The van der Waals surface area contributed by atoms with Crippen LogP contribution in [0.1, 0.15) is 31.9 Å². The van der Waals surface area contributed by atoms with Crippen LogP contribution < -0.4 is 15.4 Å². The maximum absolute atomic E-state index is 11.8. The summed E-state index contributed by atoms with van der Waals surface area (Å²) in [7, 11) is 3.45. The van der Waals surface area contributed by atoms with Gasteiger partial charge in [-0.25, -0.2) is 4.99 Å². The Hall–Kier alpha value is -2.50. The van der Waals surface area contributed by atoms with E-state index in [0.717, 1.165) is 16.9 Å². The number of rotatable bonds is 7. The summed E-state index contributed by atoms with van der Waals surface area (Å²) >= 11 is 0. The van der Waals surface area contributed by atoms with Gasteiger partial charge in [0.25, 0.3) is 0 Å². The summed E-state index contributed by atoms with van der Waals surface area (Å²) in [6, 6.07) is 6.09. The number of aliphatic imine (C=N–C) groups is 1. The Balaban J connectivity index is 2.93. The molecule has 0 fully saturated rings. The number of likely N-dealkylation sites (N-methyl/N-ethyl adjacent to an activating group) is 1. The van der Waals surface area contributed by atoms with Crippen LogP contribution >= 0.6 is 0 Å². The first-order valence-corrected chi connectivity index (χ1v) is 8.74. The zero-order valence-corrected chi connectivity index (χ0v) is 16.8. The van der Waals surface area contributed by atoms with E-state index >= 15 is 0 Å². The quantitative estimate of drug-likeness (QED) is 0.445. The normalized spacial score (nSPS) is 11.7. The lowest BCUT2D eigenvalue weighted by atomic mass is 10.1. The van der Waals surface area contributed by atoms with Gasteiger partial charge < -0.3 is 20.3 Å². The largest absolute Gasteiger partial charge is 0.488 e. The number of nitrogens with one attached hydrogen (secondary N) is 2. The lowest BCUT2D eigenvalue weighted by molar-refractivity contribution is -0.127. The zero-order chi connectivity index (χ0) is 19.7. The summed E-state index contributed by atoms with van der Waals surface area (Å²) in [4.78, 5) is 17.9. The second kappa shape index (κ2) is 9.85. The van der Waals surface area contributed by atoms with E-state index in [0.29, 0.717) is 19.0 Å². The molecule has 0 unspecified atom stereocenters. The van der Waals surface area contributed by atoms with E-state index in [9.17, 15) is 4.79 Å². The summed E-state index contributed by atoms with van der Waals surface area (Å²) in [6.07, 6.45) is 1.74. The Morgan fingerprint density at radius 2 is 2.00 bits per heavy atom. The van der Waals surface area contributed by atoms with E-state index in [1.165, 1.54) is 4.90 Å². The third-order valence-electron chi connectivity index (χ3n) is 3.37. The predicted molar refractivity (Wildman–Crippen MR) is 108 cm³/mol. The maximum atomic E-state index is 11.8. The number of ether oxygens (including phenoxy) is 1. The molecule has 0 spiro atoms. The molecule has 144 valence electrons. The second-order valence-corrected chi connectivity index (χ2v) is 7.30. The maximum Gasteiger partial charge on any atom is 0.241 e. The summed E-state index contributed by atoms with van der Waals surface area (Å²) in [6.45, 7) is 13.0. The predicted octanol–water partition coefficient (Wildman–Crippen LogP) is 2.48. The molecule has 1 aromatic carbocycles. The summed E-state index contributed by atoms with van der Waals surface area (Å²) in [5.74, 6) is 1.36. The Bertz CT molecular complexity index is 646. The Labute approximate surface area is 157 Å². The molecule has 0 saturated heterocycles. The lowest BCUT2D eigenvalue weighted by Crippen LogP contribution is -2.43. The fourth-order valence-electron chi connectivity index (χ4n) is 2.04. The first-order valence-electron chi connectivity index (χ1n) is 8.74. The number of hydrogen-bond acceptors (Lipinski definition) is 3. The van der Waals surface area contributed by atoms with Crippen LogP contribution in [0, 0.1) is 6.92 Å². The summed E-state index contributed by atoms with van der Waals surface area (Å²) < 4.78 is 6.07. The number of carbonyl (C=O) groups excluding carboxylic acids is 1. The SMILES string of the molecule is C=CCNC(=NCc1ccc(C)cc1OC(C)(C)C)NCC(=O)N(C)C. The molecule has 1 amide bonds. The van der Waals surface area contributed by atoms with Gasteiger partial charge in [0, 0.05) is 26.2 Å². The molecule has 0 aliphatic carbocycles. The number of carbonyl (C=O) groups is 1. The molecule has 0 atom stereocenters. The smallest absolute Gasteiger partial charge is 0.241 e. The van der Waals surface area contributed by atoms with Gasteiger partial charge >= 0.3 is 0 Å². The van der Waals surface area contributed by atoms with Crippen molar-refractivity contribution in [3.8, 4) is 5.75 Å². The molecule has 0 aliphatic heterocycles. The van der Waals surface area contributed by atoms with Crippen LogP contribution in [0.3, 0.4) is 0 Å². The molecule has 2 N–H and O–H groups in total. The van der Waals surface area contributed by atoms with Gasteiger partial charge in [-0.1, -0.05) is 18.2 Å². The highest BCUT2D eigenvalue weighted by Gasteiger charge is 2.15. The molecular formula is C20H32N4O2. The number of aryl methyl sites for hydroxylation is 1. The molecule has 0 bridgehead atoms. The van der Waals surface area contributed by atoms with Gasteiger partial charge in [-0.2, -0.15) is 0 Å². The summed E-state index contributed by atoms with van der Waals surface area (Å²) in [5.41, 5.74) is 1.84. The third kappa shape index (κ3) is 8.05. The highest BCUT2D eigenvalue weighted by molar-refractivity contribution is 5.86. The van der Waals surface area contributed by atoms with Gasteiger partial charge in [0.1, 0.15) is 11.4 Å². The van der Waals surface area contributed by atoms with Crippen LogP contribution in [0.25, 0.3) is 0 Å². The van der Waals surface area contributed by atoms with Gasteiger partial charge in [0.05, 0.1) is 13.1 Å². The van der Waals surface area contributed by atoms with E-state index in [4.69, 9.17) is 4.74 Å². The molecule has 0 radical (unpaired) electrons. The van der Waals surface area contributed by atoms with E-state index in [1.54, 1.807) is 20.2 Å². The Morgan fingerprint density at radius 3 is 2.58 bits per heavy atom. The van der Waals surface area contributed by atoms with Crippen molar-refractivity contribution in [2.24, 2.45) is 4.99 Å². The molecule has 6 heteroatoms. The van der Waals surface area contributed by atoms with Crippen molar-refractivity contribution >= 4 is 11.9 Å². The Kier molecular flexibility index (Phi) is 8.16. The highest BCUT2D eigenvalue weighted by atomic mass is 16.5. The molecule has 1 aromatic rings. The molecule has 1 rings (SSSR count). The van der Waals surface area contributed by atoms with Gasteiger partial charge in [-0.05, 0) is 39.3 Å². The molecule has 6 nitrogen and oxygen atoms in total. The number of guanidine groups is 1. The van der Waals surface area contributed by atoms with Crippen LogP contribution in [0.15, 0.2) is 35.8 Å². The van der Waals surface area contributed by atoms with E-state index in [2.05, 4.69) is 22.2 Å². The third-order valence-corrected chi connectivity index (χ3v) is 3.37. The molecule has 26 heavy (non-hydrogen) atoms. The molecule has 0 heterocycles. The first-order chi connectivity index (χ1) is 12.1. The van der Waals surface area contributed by atoms with Crippen molar-refractivity contribution in [3.63, 3.8) is 0 Å². The second-order valence-electron chi connectivity index (χ2n) is 7.30. The lowest BCUT2D eigenvalue weighted by Gasteiger charge is -2.23. The minimum atomic E-state index is -0.285. The summed E-state index contributed by atoms with van der Waals surface area (Å²) in [5, 5.41) is 6.17. The van der Waals surface area contributed by atoms with Crippen LogP contribution in [-0.2, 0) is 11.3 Å². The van der Waals surface area contributed by atoms with Gasteiger partial charge in [0.15, 0.2) is 5.96 Å². The highest BCUT2D eigenvalue weighted by Crippen LogP contribution is 2.25. The van der Waals surface area contributed by atoms with Crippen LogP contribution in [0.5, 0.6) is 5.75 Å². The van der Waals surface area contributed by atoms with Gasteiger partial charge in [-0.3, -0.25) is 4.79 Å². The average molecular weight is 361 g/mol. The average Bonchev–Trinajstić information content (AvgIpc) is 2.53. The Morgan fingerprint density at radius 1 is 1.31 bits per heavy atom. The molecule has 0 aliphatic rings. The van der Waals surface area contributed by atoms with Crippen molar-refractivity contribution in [1.82, 2.24) is 15.5 Å². The molecular weight excluding hydrogens is 328 g/mol. The fraction of sp³-hybridized carbons (Fsp3) is 0.500. The molecule has 0 aromatic heterocycles. The number of benzene rings is 1. The monoisotopic (exact) mass is 360 g/mol. The minimum Gasteiger partial charge on any atom is -0.488 e. The standard InChI is InChI=1S/C20H32N4O2/c1-8-11-21-19(23-14-18(25)24(6)7)22-13-16-10-9-15(2)12-17(16)26-20(3,4)5/h8-10,12H,1,11,13-14H2,2-7H3,(H2,21,22,23). The zero-order valence-electron chi connectivity index (χ0n) is 16.8. The van der Waals surface area contributed by atoms with Crippen molar-refractivity contribution in [1.29, 1.82) is 0 Å². The van der Waals surface area contributed by atoms with Crippen molar-refractivity contribution in [2.75, 3.05) is 27.2 Å². The minimum absolute atomic E-state index is 0.0230. The van der Waals surface area contributed by atoms with E-state index in [-0.39, 0.29) is 18.1 Å². The van der Waals surface area contributed by atoms with Crippen molar-refractivity contribution < 1.29 is 9.53 Å². The van der Waals surface area contributed by atoms with Crippen LogP contribution in [-0.4, -0.2) is 49.6 Å². The van der Waals surface area contributed by atoms with Crippen molar-refractivity contribution in [2.45, 2.75) is 39.8 Å².